The summed E-state index contributed by atoms with van der Waals surface area (Å²) in [4.78, 5) is 25.3. The maximum atomic E-state index is 13.0. The molecule has 2 heterocycles. The van der Waals surface area contributed by atoms with Crippen LogP contribution in [-0.4, -0.2) is 37.7 Å². The van der Waals surface area contributed by atoms with Crippen molar-refractivity contribution in [3.63, 3.8) is 0 Å². The molecule has 164 valence electrons. The number of hydrogen-bond donors (Lipinski definition) is 1. The van der Waals surface area contributed by atoms with Crippen LogP contribution in [0, 0.1) is 5.92 Å². The van der Waals surface area contributed by atoms with Gasteiger partial charge in [0.15, 0.2) is 0 Å². The number of nitrogens with zero attached hydrogens (tertiary/aromatic N) is 4. The minimum Gasteiger partial charge on any atom is -0.494 e. The first kappa shape index (κ1) is 21.1. The Kier molecular flexibility index (Phi) is 6.34. The average molecular weight is 424 g/mol. The van der Waals surface area contributed by atoms with Crippen molar-refractivity contribution in [3.05, 3.63) is 52.8 Å². The molecule has 1 atom stereocenters. The quantitative estimate of drug-likeness (QED) is 0.602. The Bertz CT molecular complexity index is 1100. The third-order valence-electron chi connectivity index (χ3n) is 5.75. The van der Waals surface area contributed by atoms with Crippen molar-refractivity contribution < 1.29 is 9.53 Å². The van der Waals surface area contributed by atoms with Crippen molar-refractivity contribution in [1.82, 2.24) is 24.5 Å². The van der Waals surface area contributed by atoms with Gasteiger partial charge < -0.3 is 10.1 Å². The number of carbonyl (C=O) groups excluding carboxylic acids is 1. The van der Waals surface area contributed by atoms with E-state index in [1.807, 2.05) is 38.1 Å². The summed E-state index contributed by atoms with van der Waals surface area (Å²) in [6.45, 7) is 4.54. The number of nitrogens with one attached hydrogen (secondary N) is 1. The highest BCUT2D eigenvalue weighted by Crippen LogP contribution is 2.19. The molecule has 0 spiro atoms. The van der Waals surface area contributed by atoms with Gasteiger partial charge in [-0.05, 0) is 49.9 Å². The van der Waals surface area contributed by atoms with Crippen LogP contribution in [0.5, 0.6) is 5.75 Å². The summed E-state index contributed by atoms with van der Waals surface area (Å²) >= 11 is 0. The SMILES string of the molecule is CCOc1ccc(-n2ccn3c(CC(C)CC(=O)NC4CCCC4)nnc3c2=O)cc1. The molecule has 0 radical (unpaired) electrons. The second kappa shape index (κ2) is 9.32. The standard InChI is InChI=1S/C23H29N5O3/c1-3-31-19-10-8-18(9-11-19)27-12-13-28-20(25-26-22(28)23(27)30)14-16(2)15-21(29)24-17-6-4-5-7-17/h8-13,16-17H,3-7,14-15H2,1-2H3,(H,24,29). The predicted octanol–water partition coefficient (Wildman–Crippen LogP) is 2.91. The van der Waals surface area contributed by atoms with Crippen molar-refractivity contribution in [2.45, 2.75) is 58.4 Å². The summed E-state index contributed by atoms with van der Waals surface area (Å²) < 4.78 is 8.72. The molecule has 1 aliphatic carbocycles. The minimum atomic E-state index is -0.239. The fourth-order valence-electron chi connectivity index (χ4n) is 4.20. The second-order valence-corrected chi connectivity index (χ2v) is 8.27. The molecule has 1 N–H and O–H groups in total. The molecule has 0 aliphatic heterocycles. The van der Waals surface area contributed by atoms with Gasteiger partial charge in [0.1, 0.15) is 11.6 Å². The Morgan fingerprint density at radius 2 is 1.94 bits per heavy atom. The number of rotatable bonds is 8. The molecule has 8 heteroatoms. The number of carbonyl (C=O) groups is 1. The molecule has 1 amide bonds. The fraction of sp³-hybridized carbons (Fsp3) is 0.478. The molecule has 1 aromatic carbocycles. The summed E-state index contributed by atoms with van der Waals surface area (Å²) in [5, 5.41) is 11.5. The molecule has 1 saturated carbocycles. The first-order valence-corrected chi connectivity index (χ1v) is 11.0. The van der Waals surface area contributed by atoms with Gasteiger partial charge in [-0.25, -0.2) is 0 Å². The van der Waals surface area contributed by atoms with Crippen LogP contribution in [0.4, 0.5) is 0 Å². The van der Waals surface area contributed by atoms with E-state index in [9.17, 15) is 9.59 Å². The Labute approximate surface area is 181 Å². The molecule has 31 heavy (non-hydrogen) atoms. The molecular weight excluding hydrogens is 394 g/mol. The summed E-state index contributed by atoms with van der Waals surface area (Å²) in [6.07, 6.45) is 9.08. The van der Waals surface area contributed by atoms with E-state index in [4.69, 9.17) is 4.74 Å². The fourth-order valence-corrected chi connectivity index (χ4v) is 4.20. The monoisotopic (exact) mass is 423 g/mol. The van der Waals surface area contributed by atoms with Crippen LogP contribution >= 0.6 is 0 Å². The van der Waals surface area contributed by atoms with E-state index in [0.29, 0.717) is 31.3 Å². The molecule has 3 aromatic rings. The molecular formula is C23H29N5O3. The van der Waals surface area contributed by atoms with Crippen LogP contribution in [0.1, 0.15) is 51.8 Å². The van der Waals surface area contributed by atoms with Gasteiger partial charge in [-0.15, -0.1) is 10.2 Å². The lowest BCUT2D eigenvalue weighted by atomic mass is 10.0. The van der Waals surface area contributed by atoms with E-state index in [1.54, 1.807) is 21.4 Å². The highest BCUT2D eigenvalue weighted by Gasteiger charge is 2.20. The number of hydrogen-bond acceptors (Lipinski definition) is 5. The van der Waals surface area contributed by atoms with Crippen molar-refractivity contribution in [3.8, 4) is 11.4 Å². The van der Waals surface area contributed by atoms with E-state index in [2.05, 4.69) is 15.5 Å². The summed E-state index contributed by atoms with van der Waals surface area (Å²) in [5.41, 5.74) is 0.767. The smallest absolute Gasteiger partial charge is 0.300 e. The zero-order valence-corrected chi connectivity index (χ0v) is 18.1. The van der Waals surface area contributed by atoms with Gasteiger partial charge in [-0.1, -0.05) is 19.8 Å². The van der Waals surface area contributed by atoms with E-state index in [0.717, 1.165) is 24.3 Å². The topological polar surface area (TPSA) is 90.5 Å². The zero-order chi connectivity index (χ0) is 21.8. The number of fused-ring (bicyclic) bond motifs is 1. The highest BCUT2D eigenvalue weighted by molar-refractivity contribution is 5.76. The number of benzene rings is 1. The van der Waals surface area contributed by atoms with E-state index >= 15 is 0 Å². The summed E-state index contributed by atoms with van der Waals surface area (Å²) in [7, 11) is 0. The first-order chi connectivity index (χ1) is 15.0. The highest BCUT2D eigenvalue weighted by atomic mass is 16.5. The normalized spacial score (nSPS) is 15.3. The van der Waals surface area contributed by atoms with Gasteiger partial charge in [-0.2, -0.15) is 0 Å². The number of amides is 1. The average Bonchev–Trinajstić information content (AvgIpc) is 3.40. The third-order valence-corrected chi connectivity index (χ3v) is 5.75. The van der Waals surface area contributed by atoms with Gasteiger partial charge in [0.05, 0.1) is 6.61 Å². The Hall–Kier alpha value is -3.16. The lowest BCUT2D eigenvalue weighted by Crippen LogP contribution is -2.33. The van der Waals surface area contributed by atoms with Gasteiger partial charge in [0.2, 0.25) is 11.6 Å². The molecule has 1 aliphatic rings. The predicted molar refractivity (Wildman–Crippen MR) is 118 cm³/mol. The zero-order valence-electron chi connectivity index (χ0n) is 18.1. The van der Waals surface area contributed by atoms with Gasteiger partial charge in [-0.3, -0.25) is 18.6 Å². The molecule has 8 nitrogen and oxygen atoms in total. The second-order valence-electron chi connectivity index (χ2n) is 8.27. The number of ether oxygens (including phenoxy) is 1. The van der Waals surface area contributed by atoms with Crippen LogP contribution in [0.3, 0.4) is 0 Å². The van der Waals surface area contributed by atoms with Crippen LogP contribution in [-0.2, 0) is 11.2 Å². The molecule has 2 aromatic heterocycles. The van der Waals surface area contributed by atoms with Crippen LogP contribution in [0.25, 0.3) is 11.3 Å². The van der Waals surface area contributed by atoms with Crippen molar-refractivity contribution in [2.75, 3.05) is 6.61 Å². The lowest BCUT2D eigenvalue weighted by molar-refractivity contribution is -0.122. The van der Waals surface area contributed by atoms with Gasteiger partial charge in [0.25, 0.3) is 0 Å². The molecule has 1 unspecified atom stereocenters. The van der Waals surface area contributed by atoms with Crippen LogP contribution in [0.2, 0.25) is 0 Å². The Balaban J connectivity index is 1.47. The van der Waals surface area contributed by atoms with Crippen molar-refractivity contribution in [1.29, 1.82) is 0 Å². The van der Waals surface area contributed by atoms with Gasteiger partial charge >= 0.3 is 5.56 Å². The van der Waals surface area contributed by atoms with Gasteiger partial charge in [0, 0.05) is 37.0 Å². The lowest BCUT2D eigenvalue weighted by Gasteiger charge is -2.15. The van der Waals surface area contributed by atoms with Crippen LogP contribution < -0.4 is 15.6 Å². The Morgan fingerprint density at radius 1 is 1.19 bits per heavy atom. The maximum Gasteiger partial charge on any atom is 0.300 e. The summed E-state index contributed by atoms with van der Waals surface area (Å²) in [5.74, 6) is 1.64. The minimum absolute atomic E-state index is 0.0890. The van der Waals surface area contributed by atoms with Crippen molar-refractivity contribution in [2.24, 2.45) is 5.92 Å². The molecule has 4 rings (SSSR count). The van der Waals surface area contributed by atoms with Crippen molar-refractivity contribution >= 4 is 11.6 Å². The summed E-state index contributed by atoms with van der Waals surface area (Å²) in [6, 6.07) is 7.68. The molecule has 0 bridgehead atoms. The molecule has 1 fully saturated rings. The number of aromatic nitrogens is 4. The third kappa shape index (κ3) is 4.78. The van der Waals surface area contributed by atoms with E-state index in [-0.39, 0.29) is 23.0 Å². The largest absolute Gasteiger partial charge is 0.494 e. The van der Waals surface area contributed by atoms with Crippen LogP contribution in [0.15, 0.2) is 41.5 Å². The van der Waals surface area contributed by atoms with E-state index < -0.39 is 0 Å². The van der Waals surface area contributed by atoms with E-state index in [1.165, 1.54) is 12.8 Å². The first-order valence-electron chi connectivity index (χ1n) is 11.0. The molecule has 0 saturated heterocycles. The maximum absolute atomic E-state index is 13.0. The Morgan fingerprint density at radius 3 is 2.65 bits per heavy atom.